The molecule has 0 radical (unpaired) electrons. The summed E-state index contributed by atoms with van der Waals surface area (Å²) in [4.78, 5) is 4.53. The Morgan fingerprint density at radius 1 is 1.56 bits per heavy atom. The Morgan fingerprint density at radius 2 is 2.39 bits per heavy atom. The fourth-order valence-corrected chi connectivity index (χ4v) is 2.66. The molecule has 4 heteroatoms. The predicted octanol–water partition coefficient (Wildman–Crippen LogP) is 3.99. The van der Waals surface area contributed by atoms with Crippen LogP contribution in [0.3, 0.4) is 0 Å². The van der Waals surface area contributed by atoms with E-state index in [1.807, 2.05) is 19.1 Å². The number of hydrogen-bond acceptors (Lipinski definition) is 4. The summed E-state index contributed by atoms with van der Waals surface area (Å²) >= 11 is 1.53. The van der Waals surface area contributed by atoms with Gasteiger partial charge in [-0.3, -0.25) is 0 Å². The van der Waals surface area contributed by atoms with Crippen molar-refractivity contribution in [1.82, 2.24) is 4.98 Å². The van der Waals surface area contributed by atoms with Crippen molar-refractivity contribution in [1.29, 1.82) is 5.26 Å². The third-order valence-corrected chi connectivity index (χ3v) is 3.81. The summed E-state index contributed by atoms with van der Waals surface area (Å²) in [6.45, 7) is 1.89. The molecule has 18 heavy (non-hydrogen) atoms. The summed E-state index contributed by atoms with van der Waals surface area (Å²) in [5.41, 5.74) is 1.70. The Kier molecular flexibility index (Phi) is 2.77. The molecule has 3 rings (SSSR count). The van der Waals surface area contributed by atoms with Crippen LogP contribution in [0.4, 0.5) is 0 Å². The molecule has 3 nitrogen and oxygen atoms in total. The van der Waals surface area contributed by atoms with E-state index in [0.29, 0.717) is 17.3 Å². The number of rotatable bonds is 3. The fourth-order valence-electron chi connectivity index (χ4n) is 1.79. The van der Waals surface area contributed by atoms with E-state index in [1.165, 1.54) is 24.2 Å². The van der Waals surface area contributed by atoms with Crippen LogP contribution < -0.4 is 0 Å². The quantitative estimate of drug-likeness (QED) is 0.780. The molecule has 0 saturated heterocycles. The van der Waals surface area contributed by atoms with Crippen molar-refractivity contribution >= 4 is 23.0 Å². The van der Waals surface area contributed by atoms with Gasteiger partial charge < -0.3 is 4.42 Å². The van der Waals surface area contributed by atoms with Crippen molar-refractivity contribution in [3.05, 3.63) is 39.7 Å². The molecular formula is C14H12N2OS. The number of nitrogens with zero attached hydrogens (tertiary/aromatic N) is 2. The van der Waals surface area contributed by atoms with Crippen LogP contribution in [0.15, 0.2) is 21.9 Å². The van der Waals surface area contributed by atoms with E-state index in [9.17, 15) is 5.26 Å². The molecular weight excluding hydrogens is 244 g/mol. The zero-order valence-corrected chi connectivity index (χ0v) is 10.8. The van der Waals surface area contributed by atoms with E-state index in [-0.39, 0.29) is 0 Å². The third kappa shape index (κ3) is 2.22. The van der Waals surface area contributed by atoms with E-state index in [2.05, 4.69) is 16.4 Å². The molecule has 2 aromatic rings. The van der Waals surface area contributed by atoms with Gasteiger partial charge in [0.1, 0.15) is 22.6 Å². The molecule has 1 fully saturated rings. The smallest absolute Gasteiger partial charge is 0.134 e. The van der Waals surface area contributed by atoms with Gasteiger partial charge >= 0.3 is 0 Å². The highest BCUT2D eigenvalue weighted by Gasteiger charge is 2.26. The first-order valence-electron chi connectivity index (χ1n) is 5.90. The van der Waals surface area contributed by atoms with E-state index >= 15 is 0 Å². The maximum absolute atomic E-state index is 9.22. The lowest BCUT2D eigenvalue weighted by atomic mass is 10.2. The highest BCUT2D eigenvalue weighted by atomic mass is 32.1. The second-order valence-electron chi connectivity index (χ2n) is 4.47. The average Bonchev–Trinajstić information content (AvgIpc) is 2.96. The van der Waals surface area contributed by atoms with Crippen LogP contribution in [-0.2, 0) is 0 Å². The van der Waals surface area contributed by atoms with Crippen molar-refractivity contribution in [3.63, 3.8) is 0 Å². The molecule has 1 aliphatic carbocycles. The van der Waals surface area contributed by atoms with Crippen LogP contribution in [-0.4, -0.2) is 4.98 Å². The Hall–Kier alpha value is -1.86. The largest absolute Gasteiger partial charge is 0.462 e. The average molecular weight is 256 g/mol. The summed E-state index contributed by atoms with van der Waals surface area (Å²) in [5, 5.41) is 12.1. The molecule has 2 heterocycles. The normalized spacial score (nSPS) is 15.7. The van der Waals surface area contributed by atoms with Gasteiger partial charge in [-0.2, -0.15) is 5.26 Å². The molecule has 1 saturated carbocycles. The number of aromatic nitrogens is 1. The van der Waals surface area contributed by atoms with E-state index in [0.717, 1.165) is 16.5 Å². The minimum absolute atomic E-state index is 0.571. The number of nitriles is 1. The van der Waals surface area contributed by atoms with Crippen LogP contribution in [0.25, 0.3) is 11.6 Å². The SMILES string of the molecule is Cc1ccc(C=C(C#N)c2nc(C3CC3)cs2)o1. The van der Waals surface area contributed by atoms with Gasteiger partial charge in [-0.1, -0.05) is 0 Å². The number of thiazole rings is 1. The van der Waals surface area contributed by atoms with Crippen molar-refractivity contribution in [2.45, 2.75) is 25.7 Å². The van der Waals surface area contributed by atoms with Crippen LogP contribution in [0.1, 0.15) is 41.0 Å². The zero-order chi connectivity index (χ0) is 12.5. The summed E-state index contributed by atoms with van der Waals surface area (Å²) < 4.78 is 5.45. The van der Waals surface area contributed by atoms with Gasteiger partial charge in [0.05, 0.1) is 11.3 Å². The second-order valence-corrected chi connectivity index (χ2v) is 5.33. The molecule has 0 amide bonds. The van der Waals surface area contributed by atoms with E-state index in [1.54, 1.807) is 6.08 Å². The molecule has 0 bridgehead atoms. The van der Waals surface area contributed by atoms with Crippen molar-refractivity contribution in [3.8, 4) is 6.07 Å². The van der Waals surface area contributed by atoms with Crippen molar-refractivity contribution in [2.75, 3.05) is 0 Å². The van der Waals surface area contributed by atoms with Gasteiger partial charge in [-0.25, -0.2) is 4.98 Å². The van der Waals surface area contributed by atoms with Gasteiger partial charge in [-0.15, -0.1) is 11.3 Å². The minimum Gasteiger partial charge on any atom is -0.462 e. The summed E-state index contributed by atoms with van der Waals surface area (Å²) in [6, 6.07) is 5.95. The molecule has 90 valence electrons. The lowest BCUT2D eigenvalue weighted by Crippen LogP contribution is -1.83. The first-order valence-corrected chi connectivity index (χ1v) is 6.78. The lowest BCUT2D eigenvalue weighted by molar-refractivity contribution is 0.525. The van der Waals surface area contributed by atoms with Gasteiger partial charge in [0.2, 0.25) is 0 Å². The molecule has 0 spiro atoms. The highest BCUT2D eigenvalue weighted by molar-refractivity contribution is 7.11. The summed E-state index contributed by atoms with van der Waals surface area (Å²) in [5.74, 6) is 2.17. The summed E-state index contributed by atoms with van der Waals surface area (Å²) in [6.07, 6.45) is 4.21. The monoisotopic (exact) mass is 256 g/mol. The second kappa shape index (κ2) is 4.43. The van der Waals surface area contributed by atoms with Crippen LogP contribution in [0, 0.1) is 18.3 Å². The molecule has 0 atom stereocenters. The third-order valence-electron chi connectivity index (χ3n) is 2.92. The maximum Gasteiger partial charge on any atom is 0.134 e. The molecule has 0 N–H and O–H groups in total. The zero-order valence-electron chi connectivity index (χ0n) is 10.0. The molecule has 2 aromatic heterocycles. The van der Waals surface area contributed by atoms with Gasteiger partial charge in [0.25, 0.3) is 0 Å². The Bertz CT molecular complexity index is 641. The Morgan fingerprint density at radius 3 is 3.00 bits per heavy atom. The lowest BCUT2D eigenvalue weighted by Gasteiger charge is -1.92. The number of furan rings is 1. The number of aryl methyl sites for hydroxylation is 1. The van der Waals surface area contributed by atoms with Crippen molar-refractivity contribution < 1.29 is 4.42 Å². The standard InChI is InChI=1S/C14H12N2OS/c1-9-2-5-12(17-9)6-11(7-15)14-16-13(8-18-14)10-3-4-10/h2,5-6,8,10H,3-4H2,1H3. The minimum atomic E-state index is 0.571. The summed E-state index contributed by atoms with van der Waals surface area (Å²) in [7, 11) is 0. The van der Waals surface area contributed by atoms with E-state index in [4.69, 9.17) is 4.42 Å². The topological polar surface area (TPSA) is 49.8 Å². The van der Waals surface area contributed by atoms with Gasteiger partial charge in [0.15, 0.2) is 0 Å². The Labute approximate surface area is 109 Å². The number of hydrogen-bond donors (Lipinski definition) is 0. The maximum atomic E-state index is 9.22. The van der Waals surface area contributed by atoms with Crippen LogP contribution >= 0.6 is 11.3 Å². The highest BCUT2D eigenvalue weighted by Crippen LogP contribution is 2.40. The van der Waals surface area contributed by atoms with Crippen molar-refractivity contribution in [2.24, 2.45) is 0 Å². The molecule has 0 aliphatic heterocycles. The first-order chi connectivity index (χ1) is 8.76. The molecule has 0 unspecified atom stereocenters. The predicted molar refractivity (Wildman–Crippen MR) is 71.0 cm³/mol. The van der Waals surface area contributed by atoms with E-state index < -0.39 is 0 Å². The Balaban J connectivity index is 1.91. The van der Waals surface area contributed by atoms with Gasteiger partial charge in [0, 0.05) is 17.4 Å². The van der Waals surface area contributed by atoms with Crippen LogP contribution in [0.2, 0.25) is 0 Å². The first kappa shape index (κ1) is 11.2. The fraction of sp³-hybridized carbons (Fsp3) is 0.286. The molecule has 1 aliphatic rings. The number of allylic oxidation sites excluding steroid dienone is 1. The molecule has 0 aromatic carbocycles. The van der Waals surface area contributed by atoms with Crippen LogP contribution in [0.5, 0.6) is 0 Å². The van der Waals surface area contributed by atoms with Gasteiger partial charge in [-0.05, 0) is 31.9 Å².